The standard InChI is InChI=1S/C19H17N3O4S/c1-12(16-10-13-6-2-4-8-15(13)26-16)21-18(23)11-20-19-14-7-3-5-9-17(14)27(24,25)22-19/h2-10,12H,11H2,1H3,(H,20,22)(H,21,23). The Bertz CT molecular complexity index is 1130. The number of sulfonamides is 1. The number of rotatable bonds is 4. The van der Waals surface area contributed by atoms with E-state index in [-0.39, 0.29) is 29.2 Å². The van der Waals surface area contributed by atoms with Gasteiger partial charge in [-0.2, -0.15) is 0 Å². The molecule has 0 aliphatic carbocycles. The molecule has 0 radical (unpaired) electrons. The van der Waals surface area contributed by atoms with Crippen molar-refractivity contribution in [1.82, 2.24) is 10.0 Å². The van der Waals surface area contributed by atoms with Gasteiger partial charge in [-0.05, 0) is 31.2 Å². The van der Waals surface area contributed by atoms with Crippen LogP contribution in [-0.2, 0) is 14.8 Å². The summed E-state index contributed by atoms with van der Waals surface area (Å²) in [6, 6.07) is 15.7. The molecule has 4 rings (SSSR count). The first kappa shape index (κ1) is 17.3. The molecule has 138 valence electrons. The SMILES string of the molecule is CC(NC(=O)CN=C1NS(=O)(=O)c2ccccc21)c1cc2ccccc2o1. The Kier molecular flexibility index (Phi) is 4.19. The number of fused-ring (bicyclic) bond motifs is 2. The van der Waals surface area contributed by atoms with Crippen LogP contribution in [0.1, 0.15) is 24.3 Å². The van der Waals surface area contributed by atoms with Crippen molar-refractivity contribution in [3.05, 3.63) is 65.9 Å². The van der Waals surface area contributed by atoms with E-state index in [1.165, 1.54) is 6.07 Å². The molecular weight excluding hydrogens is 366 g/mol. The van der Waals surface area contributed by atoms with E-state index in [0.717, 1.165) is 11.0 Å². The lowest BCUT2D eigenvalue weighted by Gasteiger charge is -2.10. The molecular formula is C19H17N3O4S. The second kappa shape index (κ2) is 6.55. The number of carbonyl (C=O) groups excluding carboxylic acids is 1. The number of nitrogens with one attached hydrogen (secondary N) is 2. The van der Waals surface area contributed by atoms with Crippen molar-refractivity contribution in [3.8, 4) is 0 Å². The molecule has 2 N–H and O–H groups in total. The molecule has 1 aromatic heterocycles. The molecule has 8 heteroatoms. The van der Waals surface area contributed by atoms with Gasteiger partial charge in [-0.1, -0.05) is 30.3 Å². The predicted molar refractivity (Wildman–Crippen MR) is 101 cm³/mol. The normalized spacial score (nSPS) is 17.4. The fourth-order valence-corrected chi connectivity index (χ4v) is 4.23. The average Bonchev–Trinajstić information content (AvgIpc) is 3.19. The van der Waals surface area contributed by atoms with Crippen molar-refractivity contribution in [2.45, 2.75) is 17.9 Å². The predicted octanol–water partition coefficient (Wildman–Crippen LogP) is 2.35. The number of carbonyl (C=O) groups is 1. The van der Waals surface area contributed by atoms with Crippen LogP contribution in [-0.4, -0.2) is 26.7 Å². The van der Waals surface area contributed by atoms with Crippen LogP contribution in [0.25, 0.3) is 11.0 Å². The van der Waals surface area contributed by atoms with E-state index in [2.05, 4.69) is 15.0 Å². The van der Waals surface area contributed by atoms with Crippen LogP contribution in [0.3, 0.4) is 0 Å². The summed E-state index contributed by atoms with van der Waals surface area (Å²) in [6.07, 6.45) is 0. The van der Waals surface area contributed by atoms with E-state index < -0.39 is 10.0 Å². The van der Waals surface area contributed by atoms with Crippen molar-refractivity contribution in [3.63, 3.8) is 0 Å². The lowest BCUT2D eigenvalue weighted by atomic mass is 10.2. The van der Waals surface area contributed by atoms with Gasteiger partial charge in [0.15, 0.2) is 0 Å². The number of hydrogen-bond acceptors (Lipinski definition) is 5. The molecule has 1 atom stereocenters. The van der Waals surface area contributed by atoms with E-state index >= 15 is 0 Å². The molecule has 0 saturated heterocycles. The summed E-state index contributed by atoms with van der Waals surface area (Å²) in [5.74, 6) is 0.486. The molecule has 0 spiro atoms. The first-order valence-corrected chi connectivity index (χ1v) is 9.87. The highest BCUT2D eigenvalue weighted by Crippen LogP contribution is 2.24. The maximum Gasteiger partial charge on any atom is 0.263 e. The van der Waals surface area contributed by atoms with Crippen LogP contribution in [0.5, 0.6) is 0 Å². The molecule has 0 fully saturated rings. The lowest BCUT2D eigenvalue weighted by Crippen LogP contribution is -2.30. The molecule has 1 aliphatic heterocycles. The summed E-state index contributed by atoms with van der Waals surface area (Å²) in [5.41, 5.74) is 1.22. The molecule has 0 saturated carbocycles. The molecule has 0 bridgehead atoms. The van der Waals surface area contributed by atoms with Gasteiger partial charge in [0.1, 0.15) is 23.7 Å². The first-order valence-electron chi connectivity index (χ1n) is 8.38. The van der Waals surface area contributed by atoms with Crippen molar-refractivity contribution >= 4 is 32.7 Å². The van der Waals surface area contributed by atoms with E-state index in [0.29, 0.717) is 11.3 Å². The highest BCUT2D eigenvalue weighted by Gasteiger charge is 2.30. The Morgan fingerprint density at radius 3 is 2.74 bits per heavy atom. The summed E-state index contributed by atoms with van der Waals surface area (Å²) in [7, 11) is -3.61. The third kappa shape index (κ3) is 3.31. The van der Waals surface area contributed by atoms with Crippen LogP contribution in [0.2, 0.25) is 0 Å². The van der Waals surface area contributed by atoms with E-state index in [1.54, 1.807) is 18.2 Å². The first-order chi connectivity index (χ1) is 12.9. The van der Waals surface area contributed by atoms with Gasteiger partial charge in [-0.3, -0.25) is 14.5 Å². The van der Waals surface area contributed by atoms with Crippen molar-refractivity contribution in [2.24, 2.45) is 4.99 Å². The van der Waals surface area contributed by atoms with Gasteiger partial charge in [-0.15, -0.1) is 0 Å². The van der Waals surface area contributed by atoms with Crippen molar-refractivity contribution in [2.75, 3.05) is 6.54 Å². The number of para-hydroxylation sites is 1. The number of benzene rings is 2. The molecule has 1 unspecified atom stereocenters. The summed E-state index contributed by atoms with van der Waals surface area (Å²) < 4.78 is 32.2. The fraction of sp³-hybridized carbons (Fsp3) is 0.158. The highest BCUT2D eigenvalue weighted by atomic mass is 32.2. The summed E-state index contributed by atoms with van der Waals surface area (Å²) in [5, 5.41) is 3.77. The van der Waals surface area contributed by atoms with Gasteiger partial charge in [0.2, 0.25) is 5.91 Å². The zero-order valence-corrected chi connectivity index (χ0v) is 15.3. The summed E-state index contributed by atoms with van der Waals surface area (Å²) in [6.45, 7) is 1.62. The number of nitrogens with zero attached hydrogens (tertiary/aromatic N) is 1. The minimum Gasteiger partial charge on any atom is -0.459 e. The molecule has 27 heavy (non-hydrogen) atoms. The third-order valence-electron chi connectivity index (χ3n) is 4.29. The van der Waals surface area contributed by atoms with Gasteiger partial charge in [0.25, 0.3) is 10.0 Å². The highest BCUT2D eigenvalue weighted by molar-refractivity contribution is 7.90. The molecule has 2 heterocycles. The number of amidine groups is 1. The second-order valence-corrected chi connectivity index (χ2v) is 7.89. The number of amides is 1. The number of furan rings is 1. The average molecular weight is 383 g/mol. The largest absolute Gasteiger partial charge is 0.459 e. The van der Waals surface area contributed by atoms with Gasteiger partial charge in [0, 0.05) is 10.9 Å². The van der Waals surface area contributed by atoms with E-state index in [4.69, 9.17) is 4.42 Å². The molecule has 1 amide bonds. The van der Waals surface area contributed by atoms with Gasteiger partial charge >= 0.3 is 0 Å². The topological polar surface area (TPSA) is 101 Å². The lowest BCUT2D eigenvalue weighted by molar-refractivity contribution is -0.120. The Balaban J connectivity index is 1.46. The second-order valence-electron chi connectivity index (χ2n) is 6.24. The quantitative estimate of drug-likeness (QED) is 0.722. The van der Waals surface area contributed by atoms with E-state index in [1.807, 2.05) is 37.3 Å². The summed E-state index contributed by atoms with van der Waals surface area (Å²) >= 11 is 0. The Hall–Kier alpha value is -3.13. The van der Waals surface area contributed by atoms with Gasteiger partial charge < -0.3 is 9.73 Å². The van der Waals surface area contributed by atoms with Gasteiger partial charge in [-0.25, -0.2) is 8.42 Å². The Morgan fingerprint density at radius 2 is 1.93 bits per heavy atom. The van der Waals surface area contributed by atoms with Crippen LogP contribution < -0.4 is 10.0 Å². The monoisotopic (exact) mass is 383 g/mol. The number of aliphatic imine (C=N–C) groups is 1. The Morgan fingerprint density at radius 1 is 1.19 bits per heavy atom. The zero-order valence-electron chi connectivity index (χ0n) is 14.5. The molecule has 1 aliphatic rings. The minimum absolute atomic E-state index is 0.166. The minimum atomic E-state index is -3.61. The van der Waals surface area contributed by atoms with E-state index in [9.17, 15) is 13.2 Å². The fourth-order valence-electron chi connectivity index (χ4n) is 2.98. The third-order valence-corrected chi connectivity index (χ3v) is 5.69. The molecule has 2 aromatic carbocycles. The maximum absolute atomic E-state index is 12.2. The maximum atomic E-state index is 12.2. The van der Waals surface area contributed by atoms with Crippen LogP contribution in [0.15, 0.2) is 68.9 Å². The van der Waals surface area contributed by atoms with Crippen LogP contribution in [0.4, 0.5) is 0 Å². The Labute approximate surface area is 156 Å². The van der Waals surface area contributed by atoms with Gasteiger partial charge in [0.05, 0.1) is 10.9 Å². The van der Waals surface area contributed by atoms with Crippen molar-refractivity contribution < 1.29 is 17.6 Å². The van der Waals surface area contributed by atoms with Crippen molar-refractivity contribution in [1.29, 1.82) is 0 Å². The molecule has 3 aromatic rings. The number of hydrogen-bond donors (Lipinski definition) is 2. The smallest absolute Gasteiger partial charge is 0.263 e. The zero-order chi connectivity index (χ0) is 19.0. The van der Waals surface area contributed by atoms with Crippen LogP contribution >= 0.6 is 0 Å². The molecule has 7 nitrogen and oxygen atoms in total. The van der Waals surface area contributed by atoms with Crippen LogP contribution in [0, 0.1) is 0 Å². The summed E-state index contributed by atoms with van der Waals surface area (Å²) in [4.78, 5) is 16.5.